The third-order valence-electron chi connectivity index (χ3n) is 4.58. The minimum absolute atomic E-state index is 0.266. The highest BCUT2D eigenvalue weighted by Crippen LogP contribution is 2.26. The number of nitrogens with zero attached hydrogens (tertiary/aromatic N) is 3. The lowest BCUT2D eigenvalue weighted by Gasteiger charge is -2.13. The normalized spacial score (nSPS) is 12.4. The summed E-state index contributed by atoms with van der Waals surface area (Å²) in [4.78, 5) is 9.08. The second-order valence-corrected chi connectivity index (χ2v) is 9.26. The van der Waals surface area contributed by atoms with Gasteiger partial charge in [0.05, 0.1) is 24.0 Å². The standard InChI is InChI=1S/C18H31N5O3S/c1-6-7-15-22-16-17(13(4)14(5)21-18(16)19)23(15)9-11-26-10-8-20-27(24,25)12(2)3/h12,20H,6-11H2,1-5H3,(H2,19,21). The van der Waals surface area contributed by atoms with Gasteiger partial charge in [0, 0.05) is 25.2 Å². The van der Waals surface area contributed by atoms with Crippen LogP contribution in [0.1, 0.15) is 44.3 Å². The molecular weight excluding hydrogens is 366 g/mol. The Hall–Kier alpha value is -1.71. The number of nitrogen functional groups attached to an aromatic ring is 1. The van der Waals surface area contributed by atoms with Gasteiger partial charge in [-0.15, -0.1) is 0 Å². The van der Waals surface area contributed by atoms with Crippen LogP contribution < -0.4 is 10.5 Å². The molecule has 0 atom stereocenters. The van der Waals surface area contributed by atoms with E-state index in [4.69, 9.17) is 15.5 Å². The fraction of sp³-hybridized carbons (Fsp3) is 0.667. The first-order valence-electron chi connectivity index (χ1n) is 9.37. The summed E-state index contributed by atoms with van der Waals surface area (Å²) >= 11 is 0. The molecule has 0 saturated carbocycles. The van der Waals surface area contributed by atoms with Crippen LogP contribution in [0.25, 0.3) is 11.0 Å². The number of hydrogen-bond donors (Lipinski definition) is 2. The lowest BCUT2D eigenvalue weighted by atomic mass is 10.2. The molecule has 0 unspecified atom stereocenters. The molecule has 0 aromatic carbocycles. The minimum Gasteiger partial charge on any atom is -0.382 e. The Morgan fingerprint density at radius 1 is 1.22 bits per heavy atom. The molecule has 27 heavy (non-hydrogen) atoms. The van der Waals surface area contributed by atoms with Gasteiger partial charge in [0.15, 0.2) is 5.82 Å². The predicted octanol–water partition coefficient (Wildman–Crippen LogP) is 1.93. The first kappa shape index (κ1) is 21.6. The van der Waals surface area contributed by atoms with E-state index in [0.29, 0.717) is 25.6 Å². The van der Waals surface area contributed by atoms with Gasteiger partial charge in [0.1, 0.15) is 11.3 Å². The number of nitrogens with two attached hydrogens (primary N) is 1. The van der Waals surface area contributed by atoms with Crippen LogP contribution in [0.5, 0.6) is 0 Å². The number of fused-ring (bicyclic) bond motifs is 1. The lowest BCUT2D eigenvalue weighted by Crippen LogP contribution is -2.33. The van der Waals surface area contributed by atoms with Crippen LogP contribution in [-0.2, 0) is 27.7 Å². The van der Waals surface area contributed by atoms with Crippen molar-refractivity contribution in [3.8, 4) is 0 Å². The molecular formula is C18H31N5O3S. The molecule has 2 aromatic heterocycles. The molecule has 0 aliphatic rings. The maximum Gasteiger partial charge on any atom is 0.214 e. The average Bonchev–Trinajstić information content (AvgIpc) is 2.95. The Morgan fingerprint density at radius 3 is 2.56 bits per heavy atom. The number of pyridine rings is 1. The summed E-state index contributed by atoms with van der Waals surface area (Å²) in [7, 11) is -3.25. The van der Waals surface area contributed by atoms with E-state index in [9.17, 15) is 8.42 Å². The van der Waals surface area contributed by atoms with Gasteiger partial charge in [-0.25, -0.2) is 23.1 Å². The first-order chi connectivity index (χ1) is 12.7. The van der Waals surface area contributed by atoms with Gasteiger partial charge in [-0.1, -0.05) is 6.92 Å². The van der Waals surface area contributed by atoms with E-state index >= 15 is 0 Å². The highest BCUT2D eigenvalue weighted by molar-refractivity contribution is 7.90. The molecule has 0 saturated heterocycles. The number of imidazole rings is 1. The maximum atomic E-state index is 11.7. The number of anilines is 1. The van der Waals surface area contributed by atoms with Crippen molar-refractivity contribution in [3.63, 3.8) is 0 Å². The quantitative estimate of drug-likeness (QED) is 0.593. The first-order valence-corrected chi connectivity index (χ1v) is 10.9. The smallest absolute Gasteiger partial charge is 0.214 e. The molecule has 0 spiro atoms. The molecule has 0 aliphatic carbocycles. The third kappa shape index (κ3) is 4.97. The van der Waals surface area contributed by atoms with Crippen molar-refractivity contribution < 1.29 is 13.2 Å². The van der Waals surface area contributed by atoms with Gasteiger partial charge in [-0.3, -0.25) is 0 Å². The van der Waals surface area contributed by atoms with E-state index in [2.05, 4.69) is 21.2 Å². The number of rotatable bonds is 10. The molecule has 152 valence electrons. The number of nitrogens with one attached hydrogen (secondary N) is 1. The molecule has 0 aliphatic heterocycles. The van der Waals surface area contributed by atoms with E-state index in [1.54, 1.807) is 13.8 Å². The molecule has 0 bridgehead atoms. The Morgan fingerprint density at radius 2 is 1.93 bits per heavy atom. The molecule has 9 heteroatoms. The van der Waals surface area contributed by atoms with Gasteiger partial charge in [-0.05, 0) is 39.7 Å². The number of hydrogen-bond acceptors (Lipinski definition) is 6. The van der Waals surface area contributed by atoms with Crippen molar-refractivity contribution in [2.45, 2.75) is 59.3 Å². The van der Waals surface area contributed by atoms with Crippen LogP contribution in [0.3, 0.4) is 0 Å². The molecule has 3 N–H and O–H groups in total. The zero-order valence-electron chi connectivity index (χ0n) is 16.9. The predicted molar refractivity (Wildman–Crippen MR) is 108 cm³/mol. The largest absolute Gasteiger partial charge is 0.382 e. The third-order valence-corrected chi connectivity index (χ3v) is 6.43. The van der Waals surface area contributed by atoms with E-state index in [-0.39, 0.29) is 6.54 Å². The summed E-state index contributed by atoms with van der Waals surface area (Å²) in [6.45, 7) is 11.1. The summed E-state index contributed by atoms with van der Waals surface area (Å²) in [5.74, 6) is 1.42. The van der Waals surface area contributed by atoms with E-state index in [1.807, 2.05) is 13.8 Å². The van der Waals surface area contributed by atoms with Crippen LogP contribution in [-0.4, -0.2) is 48.0 Å². The van der Waals surface area contributed by atoms with Crippen molar-refractivity contribution in [1.82, 2.24) is 19.3 Å². The summed E-state index contributed by atoms with van der Waals surface area (Å²) in [5.41, 5.74) is 9.79. The number of aryl methyl sites for hydroxylation is 3. The van der Waals surface area contributed by atoms with E-state index in [0.717, 1.165) is 41.0 Å². The molecule has 0 amide bonds. The van der Waals surface area contributed by atoms with Gasteiger partial charge < -0.3 is 15.0 Å². The lowest BCUT2D eigenvalue weighted by molar-refractivity contribution is 0.131. The van der Waals surface area contributed by atoms with E-state index in [1.165, 1.54) is 0 Å². The molecule has 2 aromatic rings. The number of sulfonamides is 1. The zero-order valence-corrected chi connectivity index (χ0v) is 17.7. The van der Waals surface area contributed by atoms with Crippen LogP contribution in [0.4, 0.5) is 5.82 Å². The molecule has 2 heterocycles. The van der Waals surface area contributed by atoms with Crippen molar-refractivity contribution in [1.29, 1.82) is 0 Å². The van der Waals surface area contributed by atoms with Crippen LogP contribution in [0.2, 0.25) is 0 Å². The zero-order chi connectivity index (χ0) is 20.2. The number of ether oxygens (including phenoxy) is 1. The Kier molecular flexibility index (Phi) is 7.19. The van der Waals surface area contributed by atoms with Crippen LogP contribution >= 0.6 is 0 Å². The molecule has 2 rings (SSSR count). The number of aromatic nitrogens is 3. The highest BCUT2D eigenvalue weighted by atomic mass is 32.2. The fourth-order valence-electron chi connectivity index (χ4n) is 2.88. The summed E-state index contributed by atoms with van der Waals surface area (Å²) in [5, 5.41) is -0.448. The van der Waals surface area contributed by atoms with E-state index < -0.39 is 15.3 Å². The van der Waals surface area contributed by atoms with Crippen LogP contribution in [0, 0.1) is 13.8 Å². The SMILES string of the molecule is CCCc1nc2c(N)nc(C)c(C)c2n1CCOCCNS(=O)(=O)C(C)C. The van der Waals surface area contributed by atoms with Crippen molar-refractivity contribution >= 4 is 26.9 Å². The Bertz CT molecular complexity index is 890. The van der Waals surface area contributed by atoms with Gasteiger partial charge >= 0.3 is 0 Å². The highest BCUT2D eigenvalue weighted by Gasteiger charge is 2.17. The molecule has 0 fully saturated rings. The average molecular weight is 398 g/mol. The second-order valence-electron chi connectivity index (χ2n) is 6.93. The summed E-state index contributed by atoms with van der Waals surface area (Å²) < 4.78 is 33.8. The Balaban J connectivity index is 2.06. The van der Waals surface area contributed by atoms with Crippen LogP contribution in [0.15, 0.2) is 0 Å². The minimum atomic E-state index is -3.25. The summed E-state index contributed by atoms with van der Waals surface area (Å²) in [6, 6.07) is 0. The van der Waals surface area contributed by atoms with Crippen molar-refractivity contribution in [3.05, 3.63) is 17.1 Å². The van der Waals surface area contributed by atoms with Gasteiger partial charge in [0.25, 0.3) is 0 Å². The molecule has 0 radical (unpaired) electrons. The fourth-order valence-corrected chi connectivity index (χ4v) is 3.58. The van der Waals surface area contributed by atoms with Gasteiger partial charge in [-0.2, -0.15) is 0 Å². The topological polar surface area (TPSA) is 112 Å². The van der Waals surface area contributed by atoms with Crippen molar-refractivity contribution in [2.24, 2.45) is 0 Å². The molecule has 8 nitrogen and oxygen atoms in total. The Labute approximate surface area is 161 Å². The van der Waals surface area contributed by atoms with Crippen molar-refractivity contribution in [2.75, 3.05) is 25.5 Å². The van der Waals surface area contributed by atoms with Gasteiger partial charge in [0.2, 0.25) is 10.0 Å². The summed E-state index contributed by atoms with van der Waals surface area (Å²) in [6.07, 6.45) is 1.83. The second kappa shape index (κ2) is 8.99. The monoisotopic (exact) mass is 397 g/mol. The maximum absolute atomic E-state index is 11.7.